The van der Waals surface area contributed by atoms with E-state index in [1.165, 1.54) is 13.2 Å². The van der Waals surface area contributed by atoms with E-state index in [1.807, 2.05) is 13.8 Å². The second-order valence-electron chi connectivity index (χ2n) is 11.2. The van der Waals surface area contributed by atoms with Gasteiger partial charge in [-0.1, -0.05) is 18.6 Å². The van der Waals surface area contributed by atoms with E-state index >= 15 is 0 Å². The van der Waals surface area contributed by atoms with Crippen molar-refractivity contribution in [3.05, 3.63) is 51.3 Å². The number of fused-ring (bicyclic) bond motifs is 4. The monoisotopic (exact) mass is 549 g/mol. The number of carbonyl (C=O) groups excluding carboxylic acids is 4. The van der Waals surface area contributed by atoms with Gasteiger partial charge in [0.25, 0.3) is 5.91 Å². The van der Waals surface area contributed by atoms with Crippen molar-refractivity contribution in [1.29, 1.82) is 0 Å². The number of carbonyl (C=O) groups is 4. The zero-order chi connectivity index (χ0) is 29.3. The van der Waals surface area contributed by atoms with Crippen LogP contribution in [0.15, 0.2) is 29.0 Å². The molecule has 11 nitrogen and oxygen atoms in total. The number of aliphatic hydroxyl groups is 3. The molecule has 40 heavy (non-hydrogen) atoms. The highest BCUT2D eigenvalue weighted by Gasteiger charge is 2.72. The molecule has 1 amide bonds. The van der Waals surface area contributed by atoms with Crippen LogP contribution in [-0.4, -0.2) is 67.1 Å². The molecule has 6 rings (SSSR count). The minimum Gasteiger partial charge on any atom is -0.511 e. The standard InChI is InChI=1S/C29H27NO10/c1-10-5-4-6-11(2)27(10)8-12-16-18(13(31)7-15(40-3)21(16)27)22(33)20-17(12)23(34)28(38)9-14(32)19(26(30)37)24(35)29(28,39)25(20)36/h5,7,11,31-33,38-39H,4,6,8-9H2,1-3H3,(H2,30,37)/t11?,27-,28+,29-/m1/s1. The van der Waals surface area contributed by atoms with Gasteiger partial charge in [0.15, 0.2) is 11.4 Å². The number of hydrogen-bond donors (Lipinski definition) is 6. The van der Waals surface area contributed by atoms with Gasteiger partial charge in [0, 0.05) is 34.4 Å². The van der Waals surface area contributed by atoms with Crippen LogP contribution >= 0.6 is 0 Å². The molecular weight excluding hydrogens is 522 g/mol. The first-order chi connectivity index (χ1) is 18.7. The van der Waals surface area contributed by atoms with Gasteiger partial charge in [-0.25, -0.2) is 0 Å². The number of benzene rings is 2. The van der Waals surface area contributed by atoms with Crippen LogP contribution in [0.2, 0.25) is 0 Å². The van der Waals surface area contributed by atoms with Gasteiger partial charge in [-0.05, 0) is 37.7 Å². The van der Waals surface area contributed by atoms with Gasteiger partial charge in [-0.15, -0.1) is 0 Å². The lowest BCUT2D eigenvalue weighted by Gasteiger charge is -2.46. The third-order valence-electron chi connectivity index (χ3n) is 9.59. The summed E-state index contributed by atoms with van der Waals surface area (Å²) in [7, 11) is 1.42. The third-order valence-corrected chi connectivity index (χ3v) is 9.59. The van der Waals surface area contributed by atoms with Crippen LogP contribution in [-0.2, 0) is 21.4 Å². The SMILES string of the molecule is COc1cc(O)c2c(O)c3c(c4c2c1[C@]1(C4)C(C)=CCCC1C)C(=O)[C@@]1(O)CC(O)=C(C(N)=O)C(=O)[C@@]1(O)C3=O. The maximum atomic E-state index is 14.2. The molecule has 0 bridgehead atoms. The summed E-state index contributed by atoms with van der Waals surface area (Å²) in [6, 6.07) is 1.30. The first-order valence-corrected chi connectivity index (χ1v) is 12.8. The molecular formula is C29H27NO10. The van der Waals surface area contributed by atoms with E-state index in [-0.39, 0.29) is 28.7 Å². The summed E-state index contributed by atoms with van der Waals surface area (Å²) in [5, 5.41) is 56.1. The van der Waals surface area contributed by atoms with E-state index in [1.54, 1.807) is 0 Å². The van der Waals surface area contributed by atoms with Crippen LogP contribution in [0.25, 0.3) is 10.8 Å². The molecule has 0 radical (unpaired) electrons. The quantitative estimate of drug-likeness (QED) is 0.181. The molecule has 11 heteroatoms. The lowest BCUT2D eigenvalue weighted by Crippen LogP contribution is -2.73. The van der Waals surface area contributed by atoms with Crippen LogP contribution in [0.3, 0.4) is 0 Å². The summed E-state index contributed by atoms with van der Waals surface area (Å²) in [5.74, 6) is -8.21. The molecule has 0 saturated carbocycles. The second-order valence-corrected chi connectivity index (χ2v) is 11.2. The Morgan fingerprint density at radius 2 is 1.70 bits per heavy atom. The fourth-order valence-corrected chi connectivity index (χ4v) is 7.59. The summed E-state index contributed by atoms with van der Waals surface area (Å²) in [6.07, 6.45) is 2.61. The van der Waals surface area contributed by atoms with Crippen LogP contribution in [0.1, 0.15) is 65.0 Å². The number of aliphatic hydroxyl groups excluding tert-OH is 1. The predicted octanol–water partition coefficient (Wildman–Crippen LogP) is 1.54. The van der Waals surface area contributed by atoms with Crippen molar-refractivity contribution < 1.29 is 49.4 Å². The fourth-order valence-electron chi connectivity index (χ4n) is 7.59. The topological polar surface area (TPSA) is 205 Å². The van der Waals surface area contributed by atoms with Gasteiger partial charge in [0.05, 0.1) is 18.1 Å². The number of aromatic hydroxyl groups is 2. The number of nitrogens with two attached hydrogens (primary N) is 1. The van der Waals surface area contributed by atoms with E-state index < -0.39 is 80.3 Å². The van der Waals surface area contributed by atoms with Gasteiger partial charge in [-0.3, -0.25) is 19.2 Å². The number of ether oxygens (including phenoxy) is 1. The zero-order valence-corrected chi connectivity index (χ0v) is 21.9. The minimum atomic E-state index is -3.57. The first-order valence-electron chi connectivity index (χ1n) is 12.8. The van der Waals surface area contributed by atoms with Gasteiger partial charge in [-0.2, -0.15) is 0 Å². The van der Waals surface area contributed by atoms with Crippen LogP contribution < -0.4 is 10.5 Å². The molecule has 2 aromatic rings. The molecule has 7 N–H and O–H groups in total. The van der Waals surface area contributed by atoms with Gasteiger partial charge < -0.3 is 36.0 Å². The molecule has 0 aliphatic heterocycles. The molecule has 0 heterocycles. The highest BCUT2D eigenvalue weighted by atomic mass is 16.5. The Hall–Kier alpha value is -4.22. The van der Waals surface area contributed by atoms with Crippen molar-refractivity contribution in [2.45, 2.75) is 56.1 Å². The minimum absolute atomic E-state index is 0.0138. The summed E-state index contributed by atoms with van der Waals surface area (Å²) in [6.45, 7) is 3.96. The van der Waals surface area contributed by atoms with E-state index in [2.05, 4.69) is 6.08 Å². The Morgan fingerprint density at radius 3 is 2.30 bits per heavy atom. The summed E-state index contributed by atoms with van der Waals surface area (Å²) >= 11 is 0. The number of hydrogen-bond acceptors (Lipinski definition) is 10. The fraction of sp³-hybridized carbons (Fsp3) is 0.379. The maximum Gasteiger partial charge on any atom is 0.255 e. The number of methoxy groups -OCH3 is 1. The van der Waals surface area contributed by atoms with Gasteiger partial charge in [0.1, 0.15) is 28.6 Å². The van der Waals surface area contributed by atoms with Crippen LogP contribution in [0.4, 0.5) is 0 Å². The average Bonchev–Trinajstić information content (AvgIpc) is 3.23. The van der Waals surface area contributed by atoms with Gasteiger partial charge >= 0.3 is 0 Å². The molecule has 208 valence electrons. The number of amides is 1. The Labute approximate surface area is 227 Å². The molecule has 1 spiro atoms. The molecule has 4 atom stereocenters. The predicted molar refractivity (Wildman–Crippen MR) is 138 cm³/mol. The Bertz CT molecular complexity index is 1720. The largest absolute Gasteiger partial charge is 0.511 e. The Morgan fingerprint density at radius 1 is 1.02 bits per heavy atom. The number of Topliss-reactive ketones (excluding diaryl/α,β-unsaturated/α-hetero) is 3. The number of primary amides is 1. The smallest absolute Gasteiger partial charge is 0.255 e. The van der Waals surface area contributed by atoms with Crippen molar-refractivity contribution in [2.24, 2.45) is 11.7 Å². The van der Waals surface area contributed by atoms with Crippen molar-refractivity contribution in [1.82, 2.24) is 0 Å². The van der Waals surface area contributed by atoms with Crippen LogP contribution in [0.5, 0.6) is 17.2 Å². The van der Waals surface area contributed by atoms with E-state index in [4.69, 9.17) is 10.5 Å². The van der Waals surface area contributed by atoms with Crippen molar-refractivity contribution in [2.75, 3.05) is 7.11 Å². The van der Waals surface area contributed by atoms with E-state index in [0.717, 1.165) is 18.4 Å². The normalized spacial score (nSPS) is 31.0. The van der Waals surface area contributed by atoms with E-state index in [0.29, 0.717) is 11.3 Å². The van der Waals surface area contributed by atoms with Crippen molar-refractivity contribution in [3.63, 3.8) is 0 Å². The summed E-state index contributed by atoms with van der Waals surface area (Å²) in [4.78, 5) is 53.3. The van der Waals surface area contributed by atoms with Crippen molar-refractivity contribution >= 4 is 34.0 Å². The number of ketones is 3. The van der Waals surface area contributed by atoms with Gasteiger partial charge in [0.2, 0.25) is 17.2 Å². The van der Waals surface area contributed by atoms with Crippen molar-refractivity contribution in [3.8, 4) is 17.2 Å². The molecule has 0 fully saturated rings. The highest BCUT2D eigenvalue weighted by Crippen LogP contribution is 2.62. The summed E-state index contributed by atoms with van der Waals surface area (Å²) in [5.41, 5.74) is -2.90. The molecule has 0 saturated heterocycles. The van der Waals surface area contributed by atoms with E-state index in [9.17, 15) is 44.7 Å². The lowest BCUT2D eigenvalue weighted by molar-refractivity contribution is -0.154. The molecule has 1 unspecified atom stereocenters. The lowest BCUT2D eigenvalue weighted by atomic mass is 9.59. The number of rotatable bonds is 2. The molecule has 0 aromatic heterocycles. The third kappa shape index (κ3) is 2.57. The average molecular weight is 550 g/mol. The first kappa shape index (κ1) is 26.0. The molecule has 4 aliphatic rings. The maximum absolute atomic E-state index is 14.2. The number of allylic oxidation sites excluding steroid dienone is 2. The Kier molecular flexibility index (Phi) is 5.01. The number of phenols is 2. The molecule has 2 aromatic carbocycles. The zero-order valence-electron chi connectivity index (χ0n) is 21.9. The highest BCUT2D eigenvalue weighted by molar-refractivity contribution is 6.39. The van der Waals surface area contributed by atoms with Crippen LogP contribution in [0, 0.1) is 5.92 Å². The Balaban J connectivity index is 1.77. The molecule has 4 aliphatic carbocycles. The second kappa shape index (κ2) is 7.70. The number of phenolic OH excluding ortho intramolecular Hbond substituents is 2. The summed E-state index contributed by atoms with van der Waals surface area (Å²) < 4.78 is 5.66.